The summed E-state index contributed by atoms with van der Waals surface area (Å²) in [6.45, 7) is 9.38. The van der Waals surface area contributed by atoms with Crippen molar-refractivity contribution in [2.45, 2.75) is 20.8 Å². The Morgan fingerprint density at radius 2 is 1.50 bits per heavy atom. The lowest BCUT2D eigenvalue weighted by molar-refractivity contribution is 0.208. The van der Waals surface area contributed by atoms with Crippen LogP contribution in [-0.2, 0) is 0 Å². The lowest BCUT2D eigenvalue weighted by atomic mass is 10.1. The van der Waals surface area contributed by atoms with Gasteiger partial charge in [0.25, 0.3) is 0 Å². The van der Waals surface area contributed by atoms with E-state index in [2.05, 4.69) is 53.5 Å². The number of piperazine rings is 1. The van der Waals surface area contributed by atoms with Gasteiger partial charge in [-0.2, -0.15) is 0 Å². The molecule has 0 bridgehead atoms. The van der Waals surface area contributed by atoms with Gasteiger partial charge in [0.1, 0.15) is 0 Å². The van der Waals surface area contributed by atoms with Crippen molar-refractivity contribution in [2.75, 3.05) is 36.4 Å². The summed E-state index contributed by atoms with van der Waals surface area (Å²) in [5.41, 5.74) is 5.62. The number of aryl methyl sites for hydroxylation is 3. The lowest BCUT2D eigenvalue weighted by Gasteiger charge is -2.36. The second-order valence-electron chi connectivity index (χ2n) is 6.51. The van der Waals surface area contributed by atoms with Crippen LogP contribution in [0.1, 0.15) is 16.7 Å². The van der Waals surface area contributed by atoms with Crippen molar-refractivity contribution in [1.82, 2.24) is 4.90 Å². The molecule has 2 aromatic rings. The minimum Gasteiger partial charge on any atom is -0.368 e. The van der Waals surface area contributed by atoms with E-state index in [4.69, 9.17) is 0 Å². The largest absolute Gasteiger partial charge is 0.368 e. The Bertz CT molecular complexity index is 696. The fourth-order valence-electron chi connectivity index (χ4n) is 3.37. The zero-order valence-corrected chi connectivity index (χ0v) is 14.7. The number of nitrogens with zero attached hydrogens (tertiary/aromatic N) is 2. The van der Waals surface area contributed by atoms with Crippen molar-refractivity contribution in [3.05, 3.63) is 59.2 Å². The Hall–Kier alpha value is -2.49. The number of para-hydroxylation sites is 1. The van der Waals surface area contributed by atoms with Crippen LogP contribution in [0.5, 0.6) is 0 Å². The van der Waals surface area contributed by atoms with E-state index in [-0.39, 0.29) is 6.03 Å². The second kappa shape index (κ2) is 6.95. The van der Waals surface area contributed by atoms with Gasteiger partial charge in [-0.25, -0.2) is 4.79 Å². The Morgan fingerprint density at radius 1 is 0.917 bits per heavy atom. The minimum atomic E-state index is -0.00207. The topological polar surface area (TPSA) is 35.6 Å². The number of nitrogens with one attached hydrogen (secondary N) is 1. The predicted molar refractivity (Wildman–Crippen MR) is 99.9 cm³/mol. The van der Waals surface area contributed by atoms with Gasteiger partial charge in [0.2, 0.25) is 0 Å². The quantitative estimate of drug-likeness (QED) is 0.908. The highest BCUT2D eigenvalue weighted by molar-refractivity contribution is 5.91. The number of carbonyl (C=O) groups is 1. The van der Waals surface area contributed by atoms with E-state index >= 15 is 0 Å². The summed E-state index contributed by atoms with van der Waals surface area (Å²) in [7, 11) is 0. The van der Waals surface area contributed by atoms with Gasteiger partial charge >= 0.3 is 6.03 Å². The average molecular weight is 323 g/mol. The molecule has 0 aliphatic carbocycles. The zero-order valence-electron chi connectivity index (χ0n) is 14.7. The summed E-state index contributed by atoms with van der Waals surface area (Å²) < 4.78 is 0. The first-order valence-corrected chi connectivity index (χ1v) is 8.48. The summed E-state index contributed by atoms with van der Waals surface area (Å²) in [4.78, 5) is 16.8. The lowest BCUT2D eigenvalue weighted by Crippen LogP contribution is -2.50. The molecule has 0 aromatic heterocycles. The van der Waals surface area contributed by atoms with E-state index < -0.39 is 0 Å². The summed E-state index contributed by atoms with van der Waals surface area (Å²) in [5, 5.41) is 3.10. The van der Waals surface area contributed by atoms with Gasteiger partial charge in [-0.05, 0) is 44.0 Å². The molecule has 0 radical (unpaired) electrons. The van der Waals surface area contributed by atoms with Crippen LogP contribution in [0.2, 0.25) is 0 Å². The van der Waals surface area contributed by atoms with E-state index in [1.54, 1.807) is 0 Å². The van der Waals surface area contributed by atoms with Crippen LogP contribution in [0.3, 0.4) is 0 Å². The highest BCUT2D eigenvalue weighted by atomic mass is 16.2. The molecule has 2 amide bonds. The van der Waals surface area contributed by atoms with Crippen LogP contribution in [0, 0.1) is 20.8 Å². The molecule has 2 aromatic carbocycles. The van der Waals surface area contributed by atoms with Crippen LogP contribution in [-0.4, -0.2) is 37.1 Å². The van der Waals surface area contributed by atoms with E-state index in [1.165, 1.54) is 11.3 Å². The molecule has 0 atom stereocenters. The summed E-state index contributed by atoms with van der Waals surface area (Å²) in [5.74, 6) is 0. The van der Waals surface area contributed by atoms with Gasteiger partial charge < -0.3 is 15.1 Å². The Labute approximate surface area is 144 Å². The van der Waals surface area contributed by atoms with E-state index in [1.807, 2.05) is 24.8 Å². The van der Waals surface area contributed by atoms with E-state index in [9.17, 15) is 4.79 Å². The number of carbonyl (C=O) groups excluding carboxylic acids is 1. The number of hydrogen-bond donors (Lipinski definition) is 1. The van der Waals surface area contributed by atoms with Crippen LogP contribution in [0.4, 0.5) is 16.2 Å². The molecule has 1 fully saturated rings. The Morgan fingerprint density at radius 3 is 2.08 bits per heavy atom. The molecule has 4 nitrogen and oxygen atoms in total. The van der Waals surface area contributed by atoms with E-state index in [0.29, 0.717) is 0 Å². The molecule has 24 heavy (non-hydrogen) atoms. The van der Waals surface area contributed by atoms with Gasteiger partial charge in [0.05, 0.1) is 0 Å². The predicted octanol–water partition coefficient (Wildman–Crippen LogP) is 3.97. The molecule has 0 spiro atoms. The normalized spacial score (nSPS) is 14.6. The molecular weight excluding hydrogens is 298 g/mol. The van der Waals surface area contributed by atoms with Gasteiger partial charge in [-0.3, -0.25) is 0 Å². The van der Waals surface area contributed by atoms with Crippen molar-refractivity contribution < 1.29 is 4.79 Å². The van der Waals surface area contributed by atoms with Crippen molar-refractivity contribution in [3.63, 3.8) is 0 Å². The molecule has 126 valence electrons. The third kappa shape index (κ3) is 3.53. The Kier molecular flexibility index (Phi) is 4.74. The van der Waals surface area contributed by atoms with Gasteiger partial charge in [0.15, 0.2) is 0 Å². The first-order valence-electron chi connectivity index (χ1n) is 8.48. The maximum atomic E-state index is 12.6. The molecule has 4 heteroatoms. The average Bonchev–Trinajstić information content (AvgIpc) is 2.59. The van der Waals surface area contributed by atoms with E-state index in [0.717, 1.165) is 43.0 Å². The van der Waals surface area contributed by atoms with Gasteiger partial charge in [-0.1, -0.05) is 35.9 Å². The van der Waals surface area contributed by atoms with Gasteiger partial charge in [-0.15, -0.1) is 0 Å². The molecule has 1 saturated heterocycles. The number of hydrogen-bond acceptors (Lipinski definition) is 2. The first-order chi connectivity index (χ1) is 11.5. The fourth-order valence-corrected chi connectivity index (χ4v) is 3.37. The van der Waals surface area contributed by atoms with Crippen molar-refractivity contribution in [3.8, 4) is 0 Å². The third-order valence-corrected chi connectivity index (χ3v) is 4.60. The molecule has 0 saturated carbocycles. The maximum absolute atomic E-state index is 12.6. The minimum absolute atomic E-state index is 0.00207. The molecule has 1 N–H and O–H groups in total. The summed E-state index contributed by atoms with van der Waals surface area (Å²) >= 11 is 0. The first kappa shape index (κ1) is 16.4. The SMILES string of the molecule is Cc1cc(C)c(NC(=O)N2CCN(c3ccccc3)CC2)c(C)c1. The molecule has 1 heterocycles. The molecule has 1 aliphatic heterocycles. The second-order valence-corrected chi connectivity index (χ2v) is 6.51. The number of urea groups is 1. The fraction of sp³-hybridized carbons (Fsp3) is 0.350. The number of rotatable bonds is 2. The zero-order chi connectivity index (χ0) is 17.1. The van der Waals surface area contributed by atoms with Crippen LogP contribution < -0.4 is 10.2 Å². The van der Waals surface area contributed by atoms with Crippen molar-refractivity contribution >= 4 is 17.4 Å². The number of amides is 2. The third-order valence-electron chi connectivity index (χ3n) is 4.60. The summed E-state index contributed by atoms with van der Waals surface area (Å²) in [6.07, 6.45) is 0. The van der Waals surface area contributed by atoms with Crippen LogP contribution in [0.25, 0.3) is 0 Å². The maximum Gasteiger partial charge on any atom is 0.321 e. The Balaban J connectivity index is 1.62. The molecule has 1 aliphatic rings. The van der Waals surface area contributed by atoms with Crippen LogP contribution in [0.15, 0.2) is 42.5 Å². The monoisotopic (exact) mass is 323 g/mol. The molecule has 0 unspecified atom stereocenters. The number of benzene rings is 2. The van der Waals surface area contributed by atoms with Crippen molar-refractivity contribution in [1.29, 1.82) is 0 Å². The smallest absolute Gasteiger partial charge is 0.321 e. The highest BCUT2D eigenvalue weighted by Crippen LogP contribution is 2.23. The molecular formula is C20H25N3O. The van der Waals surface area contributed by atoms with Gasteiger partial charge in [0, 0.05) is 37.6 Å². The highest BCUT2D eigenvalue weighted by Gasteiger charge is 2.22. The molecule has 3 rings (SSSR count). The summed E-state index contributed by atoms with van der Waals surface area (Å²) in [6, 6.07) is 14.6. The number of anilines is 2. The van der Waals surface area contributed by atoms with Crippen LogP contribution >= 0.6 is 0 Å². The standard InChI is InChI=1S/C20H25N3O/c1-15-13-16(2)19(17(3)14-15)21-20(24)23-11-9-22(10-12-23)18-7-5-4-6-8-18/h4-8,13-14H,9-12H2,1-3H3,(H,21,24). The van der Waals surface area contributed by atoms with Crippen molar-refractivity contribution in [2.24, 2.45) is 0 Å².